The molecular formula is C21H23FN4O. The lowest BCUT2D eigenvalue weighted by atomic mass is 10.1. The summed E-state index contributed by atoms with van der Waals surface area (Å²) in [4.78, 5) is 8.91. The highest BCUT2D eigenvalue weighted by molar-refractivity contribution is 5.43. The molecule has 27 heavy (non-hydrogen) atoms. The number of para-hydroxylation sites is 1. The second-order valence-corrected chi connectivity index (χ2v) is 6.15. The second-order valence-electron chi connectivity index (χ2n) is 6.15. The molecule has 140 valence electrons. The van der Waals surface area contributed by atoms with Crippen LogP contribution in [-0.4, -0.2) is 23.6 Å². The van der Waals surface area contributed by atoms with Gasteiger partial charge in [-0.15, -0.1) is 0 Å². The molecule has 0 atom stereocenters. The zero-order valence-corrected chi connectivity index (χ0v) is 15.5. The Balaban J connectivity index is 1.61. The van der Waals surface area contributed by atoms with E-state index in [0.29, 0.717) is 36.8 Å². The van der Waals surface area contributed by atoms with Gasteiger partial charge in [-0.2, -0.15) is 4.98 Å². The Labute approximate surface area is 158 Å². The zero-order valence-electron chi connectivity index (χ0n) is 15.5. The summed E-state index contributed by atoms with van der Waals surface area (Å²) in [6, 6.07) is 16.5. The van der Waals surface area contributed by atoms with Crippen molar-refractivity contribution in [3.63, 3.8) is 0 Å². The van der Waals surface area contributed by atoms with Crippen LogP contribution in [0.4, 0.5) is 16.2 Å². The Bertz CT molecular complexity index is 901. The van der Waals surface area contributed by atoms with Crippen LogP contribution >= 0.6 is 0 Å². The van der Waals surface area contributed by atoms with Crippen molar-refractivity contribution in [3.05, 3.63) is 77.2 Å². The highest BCUT2D eigenvalue weighted by Crippen LogP contribution is 2.19. The first-order valence-corrected chi connectivity index (χ1v) is 8.84. The Kier molecular flexibility index (Phi) is 6.20. The third-order valence-electron chi connectivity index (χ3n) is 4.14. The van der Waals surface area contributed by atoms with Crippen molar-refractivity contribution in [3.8, 4) is 5.75 Å². The Morgan fingerprint density at radius 1 is 0.963 bits per heavy atom. The summed E-state index contributed by atoms with van der Waals surface area (Å²) in [5, 5.41) is 6.47. The predicted octanol–water partition coefficient (Wildman–Crippen LogP) is 4.20. The maximum atomic E-state index is 13.7. The summed E-state index contributed by atoms with van der Waals surface area (Å²) in [6.07, 6.45) is 0.583. The van der Waals surface area contributed by atoms with Crippen LogP contribution in [0.2, 0.25) is 0 Å². The average molecular weight is 366 g/mol. The third-order valence-corrected chi connectivity index (χ3v) is 4.14. The van der Waals surface area contributed by atoms with Crippen LogP contribution in [0, 0.1) is 12.7 Å². The second kappa shape index (κ2) is 8.98. The molecule has 0 radical (unpaired) electrons. The Hall–Kier alpha value is -3.15. The lowest BCUT2D eigenvalue weighted by molar-refractivity contribution is 0.410. The molecule has 0 amide bonds. The van der Waals surface area contributed by atoms with Crippen LogP contribution in [0.1, 0.15) is 16.8 Å². The molecule has 3 aromatic rings. The number of halogens is 1. The number of methoxy groups -OCH3 is 1. The standard InChI is InChI=1S/C21H23FN4O/c1-15-13-20(23-12-11-16-7-3-5-9-18(16)22)26-21(25-15)24-14-17-8-4-6-10-19(17)27-2/h3-10,13H,11-12,14H2,1-2H3,(H2,23,24,25,26). The van der Waals surface area contributed by atoms with Crippen molar-refractivity contribution in [2.75, 3.05) is 24.3 Å². The number of anilines is 2. The summed E-state index contributed by atoms with van der Waals surface area (Å²) in [5.74, 6) is 1.88. The van der Waals surface area contributed by atoms with Gasteiger partial charge in [0.05, 0.1) is 7.11 Å². The lowest BCUT2D eigenvalue weighted by Gasteiger charge is -2.12. The summed E-state index contributed by atoms with van der Waals surface area (Å²) in [7, 11) is 1.65. The van der Waals surface area contributed by atoms with Gasteiger partial charge >= 0.3 is 0 Å². The first kappa shape index (κ1) is 18.6. The molecule has 0 fully saturated rings. The van der Waals surface area contributed by atoms with E-state index in [0.717, 1.165) is 17.0 Å². The van der Waals surface area contributed by atoms with Crippen LogP contribution in [0.5, 0.6) is 5.75 Å². The summed E-state index contributed by atoms with van der Waals surface area (Å²) >= 11 is 0. The van der Waals surface area contributed by atoms with Gasteiger partial charge in [0.1, 0.15) is 17.4 Å². The molecule has 5 nitrogen and oxygen atoms in total. The van der Waals surface area contributed by atoms with Crippen LogP contribution in [-0.2, 0) is 13.0 Å². The maximum Gasteiger partial charge on any atom is 0.225 e. The quantitative estimate of drug-likeness (QED) is 0.626. The number of aromatic nitrogens is 2. The number of nitrogens with zero attached hydrogens (tertiary/aromatic N) is 2. The van der Waals surface area contributed by atoms with E-state index >= 15 is 0 Å². The molecule has 3 rings (SSSR count). The fraction of sp³-hybridized carbons (Fsp3) is 0.238. The fourth-order valence-corrected chi connectivity index (χ4v) is 2.79. The Morgan fingerprint density at radius 2 is 1.70 bits per heavy atom. The van der Waals surface area contributed by atoms with Crippen molar-refractivity contribution in [2.24, 2.45) is 0 Å². The van der Waals surface area contributed by atoms with Gasteiger partial charge in [0, 0.05) is 30.4 Å². The minimum atomic E-state index is -0.183. The van der Waals surface area contributed by atoms with E-state index in [9.17, 15) is 4.39 Å². The lowest BCUT2D eigenvalue weighted by Crippen LogP contribution is -2.11. The number of aryl methyl sites for hydroxylation is 1. The molecule has 2 aromatic carbocycles. The largest absolute Gasteiger partial charge is 0.496 e. The molecular weight excluding hydrogens is 343 g/mol. The molecule has 0 aliphatic rings. The monoisotopic (exact) mass is 366 g/mol. The van der Waals surface area contributed by atoms with Gasteiger partial charge in [-0.25, -0.2) is 9.37 Å². The molecule has 6 heteroatoms. The molecule has 0 unspecified atom stereocenters. The van der Waals surface area contributed by atoms with Gasteiger partial charge in [0.15, 0.2) is 0 Å². The maximum absolute atomic E-state index is 13.7. The van der Waals surface area contributed by atoms with E-state index in [1.54, 1.807) is 19.2 Å². The SMILES string of the molecule is COc1ccccc1CNc1nc(C)cc(NCCc2ccccc2F)n1. The molecule has 1 heterocycles. The molecule has 2 N–H and O–H groups in total. The number of rotatable bonds is 8. The van der Waals surface area contributed by atoms with Gasteiger partial charge in [-0.3, -0.25) is 0 Å². The van der Waals surface area contributed by atoms with Gasteiger partial charge < -0.3 is 15.4 Å². The molecule has 0 saturated carbocycles. The molecule has 0 spiro atoms. The number of nitrogens with one attached hydrogen (secondary N) is 2. The molecule has 1 aromatic heterocycles. The smallest absolute Gasteiger partial charge is 0.225 e. The van der Waals surface area contributed by atoms with Crippen molar-refractivity contribution in [1.29, 1.82) is 0 Å². The van der Waals surface area contributed by atoms with E-state index in [2.05, 4.69) is 20.6 Å². The fourth-order valence-electron chi connectivity index (χ4n) is 2.79. The van der Waals surface area contributed by atoms with Crippen LogP contribution in [0.25, 0.3) is 0 Å². The first-order valence-electron chi connectivity index (χ1n) is 8.84. The summed E-state index contributed by atoms with van der Waals surface area (Å²) in [6.45, 7) is 3.06. The van der Waals surface area contributed by atoms with E-state index in [1.165, 1.54) is 6.07 Å². The van der Waals surface area contributed by atoms with Crippen molar-refractivity contribution >= 4 is 11.8 Å². The normalized spacial score (nSPS) is 10.5. The summed E-state index contributed by atoms with van der Waals surface area (Å²) in [5.41, 5.74) is 2.56. The Morgan fingerprint density at radius 3 is 2.48 bits per heavy atom. The van der Waals surface area contributed by atoms with E-state index < -0.39 is 0 Å². The number of ether oxygens (including phenoxy) is 1. The highest BCUT2D eigenvalue weighted by atomic mass is 19.1. The number of benzene rings is 2. The topological polar surface area (TPSA) is 59.1 Å². The van der Waals surface area contributed by atoms with E-state index in [4.69, 9.17) is 4.74 Å². The van der Waals surface area contributed by atoms with Gasteiger partial charge in [0.25, 0.3) is 0 Å². The van der Waals surface area contributed by atoms with Crippen LogP contribution in [0.3, 0.4) is 0 Å². The predicted molar refractivity (Wildman–Crippen MR) is 106 cm³/mol. The molecule has 0 bridgehead atoms. The van der Waals surface area contributed by atoms with Gasteiger partial charge in [-0.05, 0) is 31.0 Å². The van der Waals surface area contributed by atoms with Crippen molar-refractivity contribution in [2.45, 2.75) is 19.9 Å². The number of hydrogen-bond donors (Lipinski definition) is 2. The minimum Gasteiger partial charge on any atom is -0.496 e. The summed E-state index contributed by atoms with van der Waals surface area (Å²) < 4.78 is 19.1. The van der Waals surface area contributed by atoms with E-state index in [1.807, 2.05) is 43.3 Å². The highest BCUT2D eigenvalue weighted by Gasteiger charge is 2.06. The third kappa shape index (κ3) is 5.17. The average Bonchev–Trinajstić information content (AvgIpc) is 2.68. The van der Waals surface area contributed by atoms with Crippen LogP contribution < -0.4 is 15.4 Å². The minimum absolute atomic E-state index is 0.183. The van der Waals surface area contributed by atoms with Gasteiger partial charge in [0.2, 0.25) is 5.95 Å². The first-order chi connectivity index (χ1) is 13.2. The molecule has 0 aliphatic heterocycles. The molecule has 0 saturated heterocycles. The number of hydrogen-bond acceptors (Lipinski definition) is 5. The zero-order chi connectivity index (χ0) is 19.1. The van der Waals surface area contributed by atoms with Crippen molar-refractivity contribution < 1.29 is 9.13 Å². The van der Waals surface area contributed by atoms with E-state index in [-0.39, 0.29) is 5.82 Å². The molecule has 0 aliphatic carbocycles. The van der Waals surface area contributed by atoms with Crippen LogP contribution in [0.15, 0.2) is 54.6 Å². The van der Waals surface area contributed by atoms with Gasteiger partial charge in [-0.1, -0.05) is 36.4 Å². The van der Waals surface area contributed by atoms with Crippen molar-refractivity contribution in [1.82, 2.24) is 9.97 Å².